The van der Waals surface area contributed by atoms with Crippen LogP contribution in [0.2, 0.25) is 4.34 Å². The minimum Gasteiger partial charge on any atom is -0.453 e. The molecule has 1 aromatic carbocycles. The van der Waals surface area contributed by atoms with Gasteiger partial charge in [-0.2, -0.15) is 0 Å². The number of carbonyl (C=O) groups excluding carboxylic acids is 3. The summed E-state index contributed by atoms with van der Waals surface area (Å²) in [4.78, 5) is 36.3. The molecule has 25 heavy (non-hydrogen) atoms. The molecule has 0 radical (unpaired) electrons. The van der Waals surface area contributed by atoms with Gasteiger partial charge in [0.1, 0.15) is 0 Å². The van der Waals surface area contributed by atoms with Crippen LogP contribution in [0.4, 0.5) is 5.69 Å². The Bertz CT molecular complexity index is 770. The molecule has 1 aromatic heterocycles. The van der Waals surface area contributed by atoms with Gasteiger partial charge < -0.3 is 10.1 Å². The number of halogens is 1. The van der Waals surface area contributed by atoms with Crippen LogP contribution in [0.3, 0.4) is 0 Å². The van der Waals surface area contributed by atoms with Crippen molar-refractivity contribution in [1.82, 2.24) is 0 Å². The molecule has 1 heterocycles. The number of aryl methyl sites for hydroxylation is 1. The molecule has 2 rings (SSSR count). The molecular weight excluding hydrogens is 362 g/mol. The van der Waals surface area contributed by atoms with E-state index in [1.807, 2.05) is 19.1 Å². The van der Waals surface area contributed by atoms with Crippen molar-refractivity contribution in [3.8, 4) is 0 Å². The number of amides is 1. The molecule has 0 aliphatic heterocycles. The van der Waals surface area contributed by atoms with Gasteiger partial charge in [-0.05, 0) is 38.1 Å². The monoisotopic (exact) mass is 379 g/mol. The fourth-order valence-electron chi connectivity index (χ4n) is 1.99. The smallest absolute Gasteiger partial charge is 0.307 e. The highest BCUT2D eigenvalue weighted by molar-refractivity contribution is 7.18. The predicted molar refractivity (Wildman–Crippen MR) is 98.3 cm³/mol. The maximum absolute atomic E-state index is 12.0. The number of thiophene rings is 1. The Morgan fingerprint density at radius 2 is 1.80 bits per heavy atom. The number of ketones is 1. The van der Waals surface area contributed by atoms with E-state index in [0.717, 1.165) is 5.56 Å². The summed E-state index contributed by atoms with van der Waals surface area (Å²) in [6.45, 7) is 3.43. The molecule has 0 spiro atoms. The Morgan fingerprint density at radius 3 is 2.40 bits per heavy atom. The molecule has 132 valence electrons. The van der Waals surface area contributed by atoms with Gasteiger partial charge in [0.05, 0.1) is 15.6 Å². The summed E-state index contributed by atoms with van der Waals surface area (Å²) in [5.74, 6) is -1.19. The van der Waals surface area contributed by atoms with E-state index in [0.29, 0.717) is 14.9 Å². The third-order valence-corrected chi connectivity index (χ3v) is 4.67. The SMILES string of the molecule is Cc1ccc(NC(=O)[C@H](C)OC(=O)CCC(=O)c2ccc(Cl)s2)cc1. The van der Waals surface area contributed by atoms with Crippen LogP contribution in [-0.4, -0.2) is 23.8 Å². The van der Waals surface area contributed by atoms with Crippen molar-refractivity contribution < 1.29 is 19.1 Å². The van der Waals surface area contributed by atoms with Crippen LogP contribution in [0, 0.1) is 6.92 Å². The first kappa shape index (κ1) is 19.1. The van der Waals surface area contributed by atoms with Gasteiger partial charge in [0.15, 0.2) is 11.9 Å². The zero-order valence-corrected chi connectivity index (χ0v) is 15.4. The van der Waals surface area contributed by atoms with E-state index in [-0.39, 0.29) is 18.6 Å². The van der Waals surface area contributed by atoms with Crippen molar-refractivity contribution in [1.29, 1.82) is 0 Å². The standard InChI is InChI=1S/C18H18ClNO4S/c1-11-3-5-13(6-4-11)20-18(23)12(2)24-17(22)10-7-14(21)15-8-9-16(19)25-15/h3-6,8-9,12H,7,10H2,1-2H3,(H,20,23)/t12-/m0/s1. The lowest BCUT2D eigenvalue weighted by Crippen LogP contribution is -2.30. The summed E-state index contributed by atoms with van der Waals surface area (Å²) in [6.07, 6.45) is -1.02. The van der Waals surface area contributed by atoms with E-state index >= 15 is 0 Å². The largest absolute Gasteiger partial charge is 0.453 e. The molecular formula is C18H18ClNO4S. The summed E-state index contributed by atoms with van der Waals surface area (Å²) in [6, 6.07) is 10.5. The van der Waals surface area contributed by atoms with Crippen LogP contribution in [0.25, 0.3) is 0 Å². The van der Waals surface area contributed by atoms with Crippen LogP contribution in [-0.2, 0) is 14.3 Å². The number of nitrogens with one attached hydrogen (secondary N) is 1. The Morgan fingerprint density at radius 1 is 1.12 bits per heavy atom. The number of esters is 1. The number of benzene rings is 1. The van der Waals surface area contributed by atoms with Crippen LogP contribution < -0.4 is 5.32 Å². The van der Waals surface area contributed by atoms with Gasteiger partial charge in [0.2, 0.25) is 0 Å². The average molecular weight is 380 g/mol. The first-order valence-electron chi connectivity index (χ1n) is 7.70. The highest BCUT2D eigenvalue weighted by Gasteiger charge is 2.19. The van der Waals surface area contributed by atoms with E-state index in [1.165, 1.54) is 18.3 Å². The Hall–Kier alpha value is -2.18. The van der Waals surface area contributed by atoms with E-state index in [9.17, 15) is 14.4 Å². The summed E-state index contributed by atoms with van der Waals surface area (Å²) >= 11 is 6.94. The molecule has 0 saturated carbocycles. The average Bonchev–Trinajstić information content (AvgIpc) is 3.01. The molecule has 0 bridgehead atoms. The van der Waals surface area contributed by atoms with E-state index in [2.05, 4.69) is 5.32 Å². The van der Waals surface area contributed by atoms with Crippen LogP contribution >= 0.6 is 22.9 Å². The van der Waals surface area contributed by atoms with Crippen molar-refractivity contribution in [3.05, 3.63) is 51.2 Å². The van der Waals surface area contributed by atoms with Gasteiger partial charge >= 0.3 is 5.97 Å². The van der Waals surface area contributed by atoms with Gasteiger partial charge in [0.25, 0.3) is 5.91 Å². The molecule has 1 amide bonds. The third kappa shape index (κ3) is 5.99. The second-order valence-corrected chi connectivity index (χ2v) is 7.23. The fraction of sp³-hybridized carbons (Fsp3) is 0.278. The number of Topliss-reactive ketones (excluding diaryl/α,β-unsaturated/α-hetero) is 1. The summed E-state index contributed by atoms with van der Waals surface area (Å²) in [5, 5.41) is 2.67. The molecule has 7 heteroatoms. The summed E-state index contributed by atoms with van der Waals surface area (Å²) in [7, 11) is 0. The minimum absolute atomic E-state index is 0.0158. The predicted octanol–water partition coefficient (Wildman–Crippen LogP) is 4.24. The maximum atomic E-state index is 12.0. The van der Waals surface area contributed by atoms with Gasteiger partial charge in [-0.3, -0.25) is 14.4 Å². The van der Waals surface area contributed by atoms with E-state index < -0.39 is 18.0 Å². The van der Waals surface area contributed by atoms with Crippen molar-refractivity contribution in [2.24, 2.45) is 0 Å². The molecule has 1 atom stereocenters. The van der Waals surface area contributed by atoms with Crippen molar-refractivity contribution >= 4 is 46.3 Å². The molecule has 0 fully saturated rings. The molecule has 5 nitrogen and oxygen atoms in total. The van der Waals surface area contributed by atoms with Gasteiger partial charge in [-0.25, -0.2) is 0 Å². The lowest BCUT2D eigenvalue weighted by atomic mass is 10.2. The number of anilines is 1. The van der Waals surface area contributed by atoms with Crippen molar-refractivity contribution in [2.75, 3.05) is 5.32 Å². The van der Waals surface area contributed by atoms with Crippen LogP contribution in [0.5, 0.6) is 0 Å². The lowest BCUT2D eigenvalue weighted by molar-refractivity contribution is -0.153. The fourth-order valence-corrected chi connectivity index (χ4v) is 3.00. The van der Waals surface area contributed by atoms with Crippen LogP contribution in [0.1, 0.15) is 35.0 Å². The number of hydrogen-bond donors (Lipinski definition) is 1. The molecule has 1 N–H and O–H groups in total. The quantitative estimate of drug-likeness (QED) is 0.576. The zero-order valence-electron chi connectivity index (χ0n) is 13.9. The summed E-state index contributed by atoms with van der Waals surface area (Å²) < 4.78 is 5.59. The second kappa shape index (κ2) is 8.78. The molecule has 0 saturated heterocycles. The topological polar surface area (TPSA) is 72.5 Å². The van der Waals surface area contributed by atoms with Crippen molar-refractivity contribution in [3.63, 3.8) is 0 Å². The maximum Gasteiger partial charge on any atom is 0.307 e. The zero-order chi connectivity index (χ0) is 18.4. The number of hydrogen-bond acceptors (Lipinski definition) is 5. The molecule has 0 unspecified atom stereocenters. The highest BCUT2D eigenvalue weighted by atomic mass is 35.5. The van der Waals surface area contributed by atoms with E-state index in [1.54, 1.807) is 24.3 Å². The first-order chi connectivity index (χ1) is 11.8. The first-order valence-corrected chi connectivity index (χ1v) is 8.90. The van der Waals surface area contributed by atoms with E-state index in [4.69, 9.17) is 16.3 Å². The van der Waals surface area contributed by atoms with Gasteiger partial charge in [-0.1, -0.05) is 29.3 Å². The number of ether oxygens (including phenoxy) is 1. The van der Waals surface area contributed by atoms with Crippen molar-refractivity contribution in [2.45, 2.75) is 32.8 Å². The van der Waals surface area contributed by atoms with Crippen LogP contribution in [0.15, 0.2) is 36.4 Å². The van der Waals surface area contributed by atoms with Gasteiger partial charge in [0, 0.05) is 12.1 Å². The highest BCUT2D eigenvalue weighted by Crippen LogP contribution is 2.23. The summed E-state index contributed by atoms with van der Waals surface area (Å²) in [5.41, 5.74) is 1.71. The molecule has 2 aromatic rings. The Labute approximate surface area is 154 Å². The second-order valence-electron chi connectivity index (χ2n) is 5.51. The molecule has 0 aliphatic carbocycles. The Kier molecular flexibility index (Phi) is 6.73. The molecule has 0 aliphatic rings. The Balaban J connectivity index is 1.78. The number of rotatable bonds is 7. The lowest BCUT2D eigenvalue weighted by Gasteiger charge is -2.13. The van der Waals surface area contributed by atoms with Gasteiger partial charge in [-0.15, -0.1) is 11.3 Å². The third-order valence-electron chi connectivity index (χ3n) is 3.40. The number of carbonyl (C=O) groups is 3. The minimum atomic E-state index is -0.944. The normalized spacial score (nSPS) is 11.6.